The summed E-state index contributed by atoms with van der Waals surface area (Å²) in [6.07, 6.45) is 2.97. The highest BCUT2D eigenvalue weighted by Crippen LogP contribution is 2.36. The zero-order chi connectivity index (χ0) is 14.7. The molecule has 0 radical (unpaired) electrons. The van der Waals surface area contributed by atoms with E-state index in [1.165, 1.54) is 12.4 Å². The molecule has 21 heavy (non-hydrogen) atoms. The zero-order valence-electron chi connectivity index (χ0n) is 10.7. The molecule has 3 rings (SSSR count). The maximum Gasteiger partial charge on any atom is 0.289 e. The number of aromatic nitrogens is 1. The van der Waals surface area contributed by atoms with E-state index in [9.17, 15) is 4.79 Å². The number of carbonyl (C=O) groups is 1. The predicted molar refractivity (Wildman–Crippen MR) is 76.9 cm³/mol. The molecular weight excluding hydrogens is 294 g/mol. The molecule has 1 aromatic heterocycles. The van der Waals surface area contributed by atoms with Crippen LogP contribution in [0.4, 0.5) is 0 Å². The summed E-state index contributed by atoms with van der Waals surface area (Å²) >= 11 is 6.09. The van der Waals surface area contributed by atoms with Gasteiger partial charge in [0.25, 0.3) is 5.91 Å². The van der Waals surface area contributed by atoms with Crippen molar-refractivity contribution in [3.8, 4) is 11.5 Å². The molecule has 1 amide bonds. The Bertz CT molecular complexity index is 704. The van der Waals surface area contributed by atoms with Gasteiger partial charge >= 0.3 is 0 Å². The second kappa shape index (κ2) is 5.80. The normalized spacial score (nSPS) is 12.6. The van der Waals surface area contributed by atoms with Crippen molar-refractivity contribution in [3.05, 3.63) is 52.8 Å². The van der Waals surface area contributed by atoms with Crippen molar-refractivity contribution in [1.29, 1.82) is 0 Å². The third kappa shape index (κ3) is 2.95. The number of amides is 1. The number of ether oxygens (including phenoxy) is 2. The molecule has 1 aliphatic rings. The van der Waals surface area contributed by atoms with E-state index in [2.05, 4.69) is 15.5 Å². The average molecular weight is 304 g/mol. The molecule has 0 saturated carbocycles. The van der Waals surface area contributed by atoms with Gasteiger partial charge in [0.05, 0.1) is 11.2 Å². The number of hydrogen-bond donors (Lipinski definition) is 1. The third-order valence-corrected chi connectivity index (χ3v) is 3.09. The minimum Gasteiger partial charge on any atom is -0.454 e. The topological polar surface area (TPSA) is 72.8 Å². The maximum atomic E-state index is 11.7. The lowest BCUT2D eigenvalue weighted by Crippen LogP contribution is -2.18. The number of nitrogens with zero attached hydrogens (tertiary/aromatic N) is 2. The second-order valence-electron chi connectivity index (χ2n) is 4.14. The van der Waals surface area contributed by atoms with E-state index in [0.717, 1.165) is 0 Å². The number of hydrogen-bond acceptors (Lipinski definition) is 5. The molecule has 0 spiro atoms. The summed E-state index contributed by atoms with van der Waals surface area (Å²) in [6.45, 7) is 0.169. The third-order valence-electron chi connectivity index (χ3n) is 2.76. The zero-order valence-corrected chi connectivity index (χ0v) is 11.5. The molecule has 1 N–H and O–H groups in total. The molecule has 0 atom stereocenters. The number of halogens is 1. The second-order valence-corrected chi connectivity index (χ2v) is 4.55. The predicted octanol–water partition coefficient (Wildman–Crippen LogP) is 2.23. The number of rotatable bonds is 3. The van der Waals surface area contributed by atoms with Gasteiger partial charge in [0.2, 0.25) is 6.79 Å². The smallest absolute Gasteiger partial charge is 0.289 e. The molecule has 1 aliphatic heterocycles. The van der Waals surface area contributed by atoms with Gasteiger partial charge in [-0.05, 0) is 18.2 Å². The van der Waals surface area contributed by atoms with Gasteiger partial charge in [-0.1, -0.05) is 17.7 Å². The average Bonchev–Trinajstić information content (AvgIpc) is 2.95. The van der Waals surface area contributed by atoms with Crippen LogP contribution in [-0.2, 0) is 0 Å². The lowest BCUT2D eigenvalue weighted by molar-refractivity contribution is 0.0950. The van der Waals surface area contributed by atoms with Crippen molar-refractivity contribution in [1.82, 2.24) is 10.4 Å². The van der Waals surface area contributed by atoms with Gasteiger partial charge in [-0.25, -0.2) is 5.43 Å². The lowest BCUT2D eigenvalue weighted by atomic mass is 10.2. The Morgan fingerprint density at radius 1 is 1.33 bits per heavy atom. The molecule has 0 saturated heterocycles. The van der Waals surface area contributed by atoms with Gasteiger partial charge in [0, 0.05) is 17.8 Å². The number of nitrogens with one attached hydrogen (secondary N) is 1. The molecule has 1 aromatic carbocycles. The number of benzene rings is 1. The van der Waals surface area contributed by atoms with Crippen molar-refractivity contribution < 1.29 is 14.3 Å². The summed E-state index contributed by atoms with van der Waals surface area (Å²) < 4.78 is 10.5. The first-order valence-corrected chi connectivity index (χ1v) is 6.45. The van der Waals surface area contributed by atoms with Crippen molar-refractivity contribution in [2.45, 2.75) is 0 Å². The monoisotopic (exact) mass is 303 g/mol. The maximum absolute atomic E-state index is 11.7. The fraction of sp³-hybridized carbons (Fsp3) is 0.0714. The first-order chi connectivity index (χ1) is 10.2. The molecular formula is C14H10ClN3O3. The highest BCUT2D eigenvalue weighted by molar-refractivity contribution is 6.33. The van der Waals surface area contributed by atoms with Crippen molar-refractivity contribution in [2.24, 2.45) is 5.10 Å². The number of carbonyl (C=O) groups excluding carboxylic acids is 1. The van der Waals surface area contributed by atoms with Crippen LogP contribution in [0.25, 0.3) is 0 Å². The van der Waals surface area contributed by atoms with E-state index in [0.29, 0.717) is 22.1 Å². The fourth-order valence-electron chi connectivity index (χ4n) is 1.75. The Morgan fingerprint density at radius 2 is 2.14 bits per heavy atom. The van der Waals surface area contributed by atoms with Crippen LogP contribution < -0.4 is 14.9 Å². The number of fused-ring (bicyclic) bond motifs is 1. The summed E-state index contributed by atoms with van der Waals surface area (Å²) in [4.78, 5) is 15.7. The lowest BCUT2D eigenvalue weighted by Gasteiger charge is -2.01. The summed E-state index contributed by atoms with van der Waals surface area (Å²) in [5.74, 6) is 0.787. The van der Waals surface area contributed by atoms with Crippen LogP contribution in [0.15, 0.2) is 41.6 Å². The molecule has 0 unspecified atom stereocenters. The van der Waals surface area contributed by atoms with Crippen LogP contribution in [0.3, 0.4) is 0 Å². The van der Waals surface area contributed by atoms with Gasteiger partial charge in [-0.3, -0.25) is 9.78 Å². The van der Waals surface area contributed by atoms with Gasteiger partial charge in [0.15, 0.2) is 11.5 Å². The Morgan fingerprint density at radius 3 is 2.90 bits per heavy atom. The molecule has 2 heterocycles. The van der Waals surface area contributed by atoms with E-state index in [-0.39, 0.29) is 12.5 Å². The molecule has 0 aliphatic carbocycles. The van der Waals surface area contributed by atoms with Crippen LogP contribution in [0.1, 0.15) is 16.1 Å². The minimum atomic E-state index is -0.399. The van der Waals surface area contributed by atoms with Crippen molar-refractivity contribution in [3.63, 3.8) is 0 Å². The van der Waals surface area contributed by atoms with Crippen LogP contribution in [-0.4, -0.2) is 23.9 Å². The molecule has 0 fully saturated rings. The minimum absolute atomic E-state index is 0.169. The van der Waals surface area contributed by atoms with E-state index in [1.54, 1.807) is 30.3 Å². The molecule has 6 nitrogen and oxygen atoms in total. The van der Waals surface area contributed by atoms with E-state index in [4.69, 9.17) is 21.1 Å². The SMILES string of the molecule is O=C(N/N=C\c1cc2c(cc1Cl)OCO2)c1ccccn1. The van der Waals surface area contributed by atoms with Gasteiger partial charge < -0.3 is 9.47 Å². The summed E-state index contributed by atoms with van der Waals surface area (Å²) in [7, 11) is 0. The molecule has 106 valence electrons. The quantitative estimate of drug-likeness (QED) is 0.697. The van der Waals surface area contributed by atoms with Crippen LogP contribution >= 0.6 is 11.6 Å². The van der Waals surface area contributed by atoms with E-state index in [1.807, 2.05) is 0 Å². The highest BCUT2D eigenvalue weighted by atomic mass is 35.5. The Hall–Kier alpha value is -2.60. The summed E-state index contributed by atoms with van der Waals surface area (Å²) in [5, 5.41) is 4.31. The van der Waals surface area contributed by atoms with E-state index >= 15 is 0 Å². The first kappa shape index (κ1) is 13.4. The Kier molecular flexibility index (Phi) is 3.70. The van der Waals surface area contributed by atoms with E-state index < -0.39 is 5.91 Å². The molecule has 7 heteroatoms. The van der Waals surface area contributed by atoms with Gasteiger partial charge in [-0.15, -0.1) is 0 Å². The number of pyridine rings is 1. The fourth-order valence-corrected chi connectivity index (χ4v) is 1.95. The van der Waals surface area contributed by atoms with Crippen molar-refractivity contribution >= 4 is 23.7 Å². The largest absolute Gasteiger partial charge is 0.454 e. The Labute approximate surface area is 125 Å². The summed E-state index contributed by atoms with van der Waals surface area (Å²) in [6, 6.07) is 8.39. The molecule has 0 bridgehead atoms. The Balaban J connectivity index is 1.71. The summed E-state index contributed by atoms with van der Waals surface area (Å²) in [5.41, 5.74) is 3.28. The molecule has 2 aromatic rings. The van der Waals surface area contributed by atoms with Crippen LogP contribution in [0.5, 0.6) is 11.5 Å². The van der Waals surface area contributed by atoms with Crippen LogP contribution in [0.2, 0.25) is 5.02 Å². The standard InChI is InChI=1S/C14H10ClN3O3/c15-10-6-13-12(20-8-21-13)5-9(10)7-17-18-14(19)11-3-1-2-4-16-11/h1-7H,8H2,(H,18,19)/b17-7-. The first-order valence-electron chi connectivity index (χ1n) is 6.07. The van der Waals surface area contributed by atoms with Crippen LogP contribution in [0, 0.1) is 0 Å². The highest BCUT2D eigenvalue weighted by Gasteiger charge is 2.15. The van der Waals surface area contributed by atoms with Crippen molar-refractivity contribution in [2.75, 3.05) is 6.79 Å². The number of hydrazone groups is 1. The van der Waals surface area contributed by atoms with Gasteiger partial charge in [-0.2, -0.15) is 5.10 Å². The van der Waals surface area contributed by atoms with Gasteiger partial charge in [0.1, 0.15) is 5.69 Å².